The van der Waals surface area contributed by atoms with Crippen LogP contribution in [-0.2, 0) is 4.74 Å². The quantitative estimate of drug-likeness (QED) is 0.274. The molecule has 4 aromatic heterocycles. The van der Waals surface area contributed by atoms with Crippen LogP contribution in [0.25, 0.3) is 32.0 Å². The van der Waals surface area contributed by atoms with E-state index in [1.54, 1.807) is 11.3 Å². The average Bonchev–Trinajstić information content (AvgIpc) is 3.63. The highest BCUT2D eigenvalue weighted by Gasteiger charge is 2.25. The molecule has 0 aliphatic carbocycles. The van der Waals surface area contributed by atoms with E-state index in [0.717, 1.165) is 95.5 Å². The lowest BCUT2D eigenvalue weighted by Crippen LogP contribution is -2.43. The smallest absolute Gasteiger partial charge is 0.228 e. The molecule has 7 rings (SSSR count). The Morgan fingerprint density at radius 2 is 1.90 bits per heavy atom. The Morgan fingerprint density at radius 3 is 2.70 bits per heavy atom. The van der Waals surface area contributed by atoms with Gasteiger partial charge >= 0.3 is 0 Å². The Labute approximate surface area is 237 Å². The number of pyridine rings is 1. The summed E-state index contributed by atoms with van der Waals surface area (Å²) in [5.41, 5.74) is 6.10. The van der Waals surface area contributed by atoms with Gasteiger partial charge in [0.15, 0.2) is 6.23 Å². The van der Waals surface area contributed by atoms with E-state index in [9.17, 15) is 0 Å². The zero-order valence-corrected chi connectivity index (χ0v) is 23.3. The van der Waals surface area contributed by atoms with Gasteiger partial charge in [-0.2, -0.15) is 5.10 Å². The van der Waals surface area contributed by atoms with E-state index in [2.05, 4.69) is 56.9 Å². The molecule has 40 heavy (non-hydrogen) atoms. The maximum atomic E-state index is 6.12. The number of anilines is 3. The van der Waals surface area contributed by atoms with Crippen molar-refractivity contribution in [1.82, 2.24) is 30.0 Å². The molecule has 204 valence electrons. The number of hydrogen-bond donors (Lipinski definition) is 2. The third-order valence-electron chi connectivity index (χ3n) is 7.50. The number of aryl methyl sites for hydroxylation is 1. The number of nitrogens with zero attached hydrogens (tertiary/aromatic N) is 6. The van der Waals surface area contributed by atoms with Gasteiger partial charge in [0.1, 0.15) is 4.83 Å². The Morgan fingerprint density at radius 1 is 1.02 bits per heavy atom. The van der Waals surface area contributed by atoms with Gasteiger partial charge in [-0.25, -0.2) is 14.6 Å². The highest BCUT2D eigenvalue weighted by atomic mass is 32.1. The number of rotatable bonds is 6. The fraction of sp³-hybridized carbons (Fsp3) is 0.333. The molecule has 0 amide bonds. The van der Waals surface area contributed by atoms with E-state index in [4.69, 9.17) is 19.8 Å². The lowest BCUT2D eigenvalue weighted by atomic mass is 10.1. The second-order valence-corrected chi connectivity index (χ2v) is 11.3. The van der Waals surface area contributed by atoms with Gasteiger partial charge in [-0.15, -0.1) is 11.3 Å². The lowest BCUT2D eigenvalue weighted by molar-refractivity contribution is -0.0383. The average molecular weight is 553 g/mol. The second kappa shape index (κ2) is 11.0. The van der Waals surface area contributed by atoms with E-state index < -0.39 is 0 Å². The van der Waals surface area contributed by atoms with Gasteiger partial charge in [-0.3, -0.25) is 4.98 Å². The maximum Gasteiger partial charge on any atom is 0.228 e. The molecule has 10 heteroatoms. The summed E-state index contributed by atoms with van der Waals surface area (Å²) in [6, 6.07) is 16.8. The minimum absolute atomic E-state index is 0.0808. The molecule has 2 saturated heterocycles. The number of hydrogen-bond acceptors (Lipinski definition) is 9. The van der Waals surface area contributed by atoms with Crippen LogP contribution >= 0.6 is 11.3 Å². The molecule has 0 spiro atoms. The van der Waals surface area contributed by atoms with Crippen LogP contribution in [0.3, 0.4) is 0 Å². The van der Waals surface area contributed by atoms with Crippen LogP contribution in [0.5, 0.6) is 0 Å². The van der Waals surface area contributed by atoms with Crippen LogP contribution < -0.4 is 15.5 Å². The number of ether oxygens (including phenoxy) is 1. The molecule has 0 bridgehead atoms. The second-order valence-electron chi connectivity index (χ2n) is 10.3. The van der Waals surface area contributed by atoms with Gasteiger partial charge in [0.2, 0.25) is 5.95 Å². The molecule has 1 unspecified atom stereocenters. The summed E-state index contributed by atoms with van der Waals surface area (Å²) in [6.45, 7) is 6.88. The normalized spacial score (nSPS) is 17.8. The molecule has 2 N–H and O–H groups in total. The molecule has 2 aliphatic rings. The van der Waals surface area contributed by atoms with Crippen LogP contribution in [0.15, 0.2) is 60.9 Å². The van der Waals surface area contributed by atoms with Crippen molar-refractivity contribution in [3.05, 3.63) is 66.6 Å². The number of fused-ring (bicyclic) bond motifs is 1. The number of thiophene rings is 1. The van der Waals surface area contributed by atoms with E-state index in [1.807, 2.05) is 36.1 Å². The number of nitrogens with one attached hydrogen (secondary N) is 2. The van der Waals surface area contributed by atoms with Crippen LogP contribution in [0.1, 0.15) is 31.2 Å². The zero-order valence-electron chi connectivity index (χ0n) is 22.5. The van der Waals surface area contributed by atoms with Crippen LogP contribution in [-0.4, -0.2) is 57.5 Å². The van der Waals surface area contributed by atoms with Gasteiger partial charge in [-0.05, 0) is 68.7 Å². The summed E-state index contributed by atoms with van der Waals surface area (Å²) in [5, 5.41) is 12.6. The van der Waals surface area contributed by atoms with Gasteiger partial charge in [0, 0.05) is 71.9 Å². The largest absolute Gasteiger partial charge is 0.369 e. The number of benzene rings is 1. The molecule has 1 atom stereocenters. The third-order valence-corrected chi connectivity index (χ3v) is 8.58. The standard InChI is InChI=1S/C30H32N8OS/c1-20-5-4-6-25(34-20)28-24(19-33-38(28)27-7-2-3-16-39-27)26-17-21-18-32-30(36-29(21)40-26)35-22-8-10-23(11-9-22)37-14-12-31-13-15-37/h4-6,8-11,17-19,27,31H,2-3,7,12-16H2,1H3,(H,32,35,36). The number of piperazine rings is 1. The predicted molar refractivity (Wildman–Crippen MR) is 160 cm³/mol. The van der Waals surface area contributed by atoms with Gasteiger partial charge in [0.05, 0.1) is 17.6 Å². The third kappa shape index (κ3) is 5.05. The molecule has 0 radical (unpaired) electrons. The summed E-state index contributed by atoms with van der Waals surface area (Å²) in [4.78, 5) is 18.7. The van der Waals surface area contributed by atoms with Crippen molar-refractivity contribution < 1.29 is 4.74 Å². The first-order valence-electron chi connectivity index (χ1n) is 13.9. The molecule has 5 aromatic rings. The van der Waals surface area contributed by atoms with Crippen molar-refractivity contribution in [2.75, 3.05) is 43.0 Å². The Kier molecular flexibility index (Phi) is 6.88. The fourth-order valence-electron chi connectivity index (χ4n) is 5.44. The summed E-state index contributed by atoms with van der Waals surface area (Å²) in [6.07, 6.45) is 6.92. The SMILES string of the molecule is Cc1cccc(-c2c(-c3cc4cnc(Nc5ccc(N6CCNCC6)cc5)nc4s3)cnn2C2CCCCO2)n1. The molecule has 2 fully saturated rings. The topological polar surface area (TPSA) is 93.0 Å². The first kappa shape index (κ1) is 25.1. The van der Waals surface area contributed by atoms with E-state index in [1.165, 1.54) is 5.69 Å². The molecule has 6 heterocycles. The van der Waals surface area contributed by atoms with Crippen molar-refractivity contribution in [3.63, 3.8) is 0 Å². The van der Waals surface area contributed by atoms with Gasteiger partial charge < -0.3 is 20.3 Å². The van der Waals surface area contributed by atoms with Crippen LogP contribution in [0.2, 0.25) is 0 Å². The van der Waals surface area contributed by atoms with Crippen LogP contribution in [0.4, 0.5) is 17.3 Å². The Balaban J connectivity index is 1.18. The van der Waals surface area contributed by atoms with Gasteiger partial charge in [-0.1, -0.05) is 6.07 Å². The summed E-state index contributed by atoms with van der Waals surface area (Å²) in [5.74, 6) is 0.586. The molecule has 2 aliphatic heterocycles. The minimum atomic E-state index is -0.0808. The first-order chi connectivity index (χ1) is 19.7. The van der Waals surface area contributed by atoms with Crippen LogP contribution in [0, 0.1) is 6.92 Å². The monoisotopic (exact) mass is 552 g/mol. The molecular formula is C30H32N8OS. The highest BCUT2D eigenvalue weighted by Crippen LogP contribution is 2.40. The summed E-state index contributed by atoms with van der Waals surface area (Å²) < 4.78 is 8.14. The van der Waals surface area contributed by atoms with E-state index in [-0.39, 0.29) is 6.23 Å². The Hall–Kier alpha value is -3.86. The molecular weight excluding hydrogens is 520 g/mol. The van der Waals surface area contributed by atoms with E-state index in [0.29, 0.717) is 5.95 Å². The predicted octanol–water partition coefficient (Wildman–Crippen LogP) is 5.78. The molecule has 1 aromatic carbocycles. The van der Waals surface area contributed by atoms with Crippen molar-refractivity contribution >= 4 is 38.9 Å². The Bertz CT molecular complexity index is 1620. The summed E-state index contributed by atoms with van der Waals surface area (Å²) >= 11 is 1.64. The summed E-state index contributed by atoms with van der Waals surface area (Å²) in [7, 11) is 0. The minimum Gasteiger partial charge on any atom is -0.369 e. The van der Waals surface area contributed by atoms with Crippen molar-refractivity contribution in [2.45, 2.75) is 32.4 Å². The van der Waals surface area contributed by atoms with E-state index >= 15 is 0 Å². The van der Waals surface area contributed by atoms with Crippen molar-refractivity contribution in [3.8, 4) is 21.8 Å². The number of aromatic nitrogens is 5. The maximum absolute atomic E-state index is 6.12. The lowest BCUT2D eigenvalue weighted by Gasteiger charge is -2.29. The van der Waals surface area contributed by atoms with Crippen molar-refractivity contribution in [1.29, 1.82) is 0 Å². The first-order valence-corrected chi connectivity index (χ1v) is 14.8. The van der Waals surface area contributed by atoms with Gasteiger partial charge in [0.25, 0.3) is 0 Å². The van der Waals surface area contributed by atoms with Crippen molar-refractivity contribution in [2.24, 2.45) is 0 Å². The fourth-order valence-corrected chi connectivity index (χ4v) is 6.45. The highest BCUT2D eigenvalue weighted by molar-refractivity contribution is 7.21. The zero-order chi connectivity index (χ0) is 26.9. The molecule has 9 nitrogen and oxygen atoms in total. The molecule has 0 saturated carbocycles.